The van der Waals surface area contributed by atoms with E-state index < -0.39 is 33.4 Å². The average Bonchev–Trinajstić information content (AvgIpc) is 2.41. The summed E-state index contributed by atoms with van der Waals surface area (Å²) in [5.74, 6) is -0.413. The van der Waals surface area contributed by atoms with Gasteiger partial charge in [-0.05, 0) is 57.3 Å². The van der Waals surface area contributed by atoms with Crippen LogP contribution in [0.1, 0.15) is 0 Å². The van der Waals surface area contributed by atoms with E-state index in [2.05, 4.69) is 11.3 Å². The van der Waals surface area contributed by atoms with Gasteiger partial charge in [-0.2, -0.15) is 30.4 Å². The van der Waals surface area contributed by atoms with Crippen molar-refractivity contribution in [1.82, 2.24) is 0 Å². The Morgan fingerprint density at radius 1 is 1.20 bits per heavy atom. The lowest BCUT2D eigenvalue weighted by molar-refractivity contribution is -0.239. The normalized spacial score (nSPS) is 14.1. The second kappa shape index (κ2) is 8.08. The lowest BCUT2D eigenvalue weighted by Crippen LogP contribution is -2.53. The van der Waals surface area contributed by atoms with Crippen LogP contribution in [0.15, 0.2) is 24.8 Å². The fraction of sp³-hybridized carbons (Fsp3) is 0.333. The van der Waals surface area contributed by atoms with Crippen LogP contribution in [-0.2, 0) is 10.1 Å². The molecule has 0 spiro atoms. The van der Waals surface area contributed by atoms with Crippen molar-refractivity contribution in [3.63, 3.8) is 0 Å². The van der Waals surface area contributed by atoms with Crippen LogP contribution in [0.4, 0.5) is 22.0 Å². The van der Waals surface area contributed by atoms with E-state index in [1.54, 1.807) is 45.2 Å². The molecule has 1 aromatic carbocycles. The van der Waals surface area contributed by atoms with Gasteiger partial charge in [0.1, 0.15) is 18.1 Å². The second-order valence-corrected chi connectivity index (χ2v) is 8.21. The van der Waals surface area contributed by atoms with Crippen molar-refractivity contribution in [3.05, 3.63) is 31.9 Å². The predicted octanol–water partition coefficient (Wildman–Crippen LogP) is 4.25. The van der Waals surface area contributed by atoms with Gasteiger partial charge in [0.2, 0.25) is 0 Å². The predicted molar refractivity (Wildman–Crippen MR) is 94.5 cm³/mol. The Morgan fingerprint density at radius 3 is 2.04 bits per heavy atom. The Hall–Kier alpha value is -0.420. The van der Waals surface area contributed by atoms with Gasteiger partial charge in [-0.15, -0.1) is 0 Å². The zero-order chi connectivity index (χ0) is 19.6. The van der Waals surface area contributed by atoms with Crippen LogP contribution in [-0.4, -0.2) is 37.1 Å². The third-order valence-electron chi connectivity index (χ3n) is 2.52. The molecule has 0 aliphatic heterocycles. The standard InChI is InChI=1S/C12H9F5I2O5S/c1-2-3-23-9-7(18)4-6(5-8(9)19)24-10(11(13,14)15)12(16,17)25(20,21)22/h2,4-5,10H,1,3H2,(H,20,21,22). The maximum Gasteiger partial charge on any atom is 0.432 e. The second-order valence-electron chi connectivity index (χ2n) is 4.39. The summed E-state index contributed by atoms with van der Waals surface area (Å²) in [5.41, 5.74) is 0. The maximum atomic E-state index is 13.5. The third kappa shape index (κ3) is 5.53. The molecule has 25 heavy (non-hydrogen) atoms. The first-order valence-corrected chi connectivity index (χ1v) is 9.62. The number of alkyl halides is 5. The highest BCUT2D eigenvalue weighted by molar-refractivity contribution is 14.1. The number of benzene rings is 1. The Bertz CT molecular complexity index is 728. The molecular weight excluding hydrogens is 605 g/mol. The highest BCUT2D eigenvalue weighted by Gasteiger charge is 2.65. The maximum absolute atomic E-state index is 13.5. The molecule has 0 heterocycles. The molecule has 0 aliphatic carbocycles. The smallest absolute Gasteiger partial charge is 0.432 e. The van der Waals surface area contributed by atoms with Crippen LogP contribution in [0.3, 0.4) is 0 Å². The highest BCUT2D eigenvalue weighted by Crippen LogP contribution is 2.40. The molecule has 1 atom stereocenters. The summed E-state index contributed by atoms with van der Waals surface area (Å²) >= 11 is 3.35. The van der Waals surface area contributed by atoms with Gasteiger partial charge in [0.25, 0.3) is 6.10 Å². The minimum atomic E-state index is -6.36. The Kier molecular flexibility index (Phi) is 7.31. The quantitative estimate of drug-likeness (QED) is 0.216. The number of rotatable bonds is 7. The molecular formula is C12H9F5I2O5S. The van der Waals surface area contributed by atoms with Crippen molar-refractivity contribution in [3.8, 4) is 11.5 Å². The summed E-state index contributed by atoms with van der Waals surface area (Å²) in [7, 11) is -6.36. The van der Waals surface area contributed by atoms with E-state index >= 15 is 0 Å². The van der Waals surface area contributed by atoms with E-state index in [4.69, 9.17) is 9.29 Å². The molecule has 0 saturated carbocycles. The number of hydrogen-bond donors (Lipinski definition) is 1. The summed E-state index contributed by atoms with van der Waals surface area (Å²) in [4.78, 5) is 0. The molecule has 0 bridgehead atoms. The topological polar surface area (TPSA) is 72.8 Å². The molecule has 5 nitrogen and oxygen atoms in total. The molecule has 142 valence electrons. The van der Waals surface area contributed by atoms with Crippen LogP contribution in [0.5, 0.6) is 11.5 Å². The largest absolute Gasteiger partial charge is 0.487 e. The lowest BCUT2D eigenvalue weighted by atomic mass is 10.3. The summed E-state index contributed by atoms with van der Waals surface area (Å²) in [5, 5.41) is -5.60. The van der Waals surface area contributed by atoms with E-state index in [9.17, 15) is 30.4 Å². The van der Waals surface area contributed by atoms with Crippen molar-refractivity contribution in [2.45, 2.75) is 17.5 Å². The highest BCUT2D eigenvalue weighted by atomic mass is 127. The first kappa shape index (κ1) is 22.6. The minimum absolute atomic E-state index is 0.0954. The van der Waals surface area contributed by atoms with Gasteiger partial charge in [-0.1, -0.05) is 12.7 Å². The fourth-order valence-corrected chi connectivity index (χ4v) is 3.96. The molecule has 0 aliphatic rings. The number of hydrogen-bond acceptors (Lipinski definition) is 4. The van der Waals surface area contributed by atoms with Crippen LogP contribution >= 0.6 is 45.2 Å². The Labute approximate surface area is 166 Å². The van der Waals surface area contributed by atoms with Crippen molar-refractivity contribution in [1.29, 1.82) is 0 Å². The Morgan fingerprint density at radius 2 is 1.68 bits per heavy atom. The molecule has 13 heteroatoms. The summed E-state index contributed by atoms with van der Waals surface area (Å²) in [6, 6.07) is 1.92. The number of halogens is 7. The van der Waals surface area contributed by atoms with E-state index in [1.165, 1.54) is 6.08 Å². The molecule has 0 fully saturated rings. The van der Waals surface area contributed by atoms with E-state index in [-0.39, 0.29) is 19.5 Å². The van der Waals surface area contributed by atoms with Gasteiger partial charge in [0, 0.05) is 0 Å². The lowest BCUT2D eigenvalue weighted by Gasteiger charge is -2.27. The van der Waals surface area contributed by atoms with Gasteiger partial charge in [0.05, 0.1) is 7.14 Å². The number of ether oxygens (including phenoxy) is 2. The Balaban J connectivity index is 3.30. The third-order valence-corrected chi connectivity index (χ3v) is 5.02. The van der Waals surface area contributed by atoms with Crippen molar-refractivity contribution < 1.29 is 44.4 Å². The molecule has 0 saturated heterocycles. The molecule has 0 aromatic heterocycles. The minimum Gasteiger partial charge on any atom is -0.487 e. The summed E-state index contributed by atoms with van der Waals surface area (Å²) < 4.78 is 105. The van der Waals surface area contributed by atoms with Crippen molar-refractivity contribution in [2.75, 3.05) is 6.61 Å². The van der Waals surface area contributed by atoms with E-state index in [1.807, 2.05) is 0 Å². The van der Waals surface area contributed by atoms with Gasteiger partial charge < -0.3 is 9.47 Å². The van der Waals surface area contributed by atoms with Gasteiger partial charge in [-0.25, -0.2) is 0 Å². The van der Waals surface area contributed by atoms with Gasteiger partial charge in [-0.3, -0.25) is 4.55 Å². The summed E-state index contributed by atoms with van der Waals surface area (Å²) in [6.07, 6.45) is -8.45. The van der Waals surface area contributed by atoms with Crippen LogP contribution in [0.25, 0.3) is 0 Å². The monoisotopic (exact) mass is 614 g/mol. The molecule has 0 radical (unpaired) electrons. The van der Waals surface area contributed by atoms with Gasteiger partial charge >= 0.3 is 21.5 Å². The van der Waals surface area contributed by atoms with Crippen LogP contribution < -0.4 is 9.47 Å². The molecule has 1 N–H and O–H groups in total. The van der Waals surface area contributed by atoms with Crippen molar-refractivity contribution in [2.24, 2.45) is 0 Å². The van der Waals surface area contributed by atoms with Gasteiger partial charge in [0.15, 0.2) is 0 Å². The van der Waals surface area contributed by atoms with Crippen LogP contribution in [0.2, 0.25) is 0 Å². The molecule has 1 aromatic rings. The first-order valence-electron chi connectivity index (χ1n) is 6.02. The molecule has 1 rings (SSSR count). The van der Waals surface area contributed by atoms with Crippen molar-refractivity contribution >= 4 is 55.3 Å². The zero-order valence-corrected chi connectivity index (χ0v) is 17.0. The van der Waals surface area contributed by atoms with E-state index in [0.29, 0.717) is 0 Å². The molecule has 0 amide bonds. The zero-order valence-electron chi connectivity index (χ0n) is 11.9. The average molecular weight is 614 g/mol. The van der Waals surface area contributed by atoms with E-state index in [0.717, 1.165) is 12.1 Å². The fourth-order valence-electron chi connectivity index (χ4n) is 1.48. The SMILES string of the molecule is C=CCOc1c(I)cc(OC(C(F)(F)F)C(F)(F)S(=O)(=O)O)cc1I. The molecule has 1 unspecified atom stereocenters. The summed E-state index contributed by atoms with van der Waals surface area (Å²) in [6.45, 7) is 3.52. The van der Waals surface area contributed by atoms with Crippen LogP contribution in [0, 0.1) is 7.14 Å². The first-order chi connectivity index (χ1) is 11.2.